The zero-order valence-electron chi connectivity index (χ0n) is 15.6. The molecular weight excluding hydrogens is 359 g/mol. The molecule has 3 aliphatic heterocycles. The maximum Gasteiger partial charge on any atom is 0.225 e. The molecule has 0 unspecified atom stereocenters. The Labute approximate surface area is 163 Å². The summed E-state index contributed by atoms with van der Waals surface area (Å²) in [4.78, 5) is 23.3. The van der Waals surface area contributed by atoms with Crippen molar-refractivity contribution in [2.45, 2.75) is 31.0 Å². The number of carbonyl (C=O) groups excluding carboxylic acids is 1. The van der Waals surface area contributed by atoms with E-state index in [0.717, 1.165) is 31.9 Å². The molecular formula is C21H23FN4O2. The van der Waals surface area contributed by atoms with Gasteiger partial charge >= 0.3 is 0 Å². The second kappa shape index (κ2) is 6.81. The fraction of sp³-hybridized carbons (Fsp3) is 0.476. The number of rotatable bonds is 5. The van der Waals surface area contributed by atoms with Gasteiger partial charge in [-0.2, -0.15) is 0 Å². The zero-order valence-corrected chi connectivity index (χ0v) is 15.6. The molecule has 0 saturated carbocycles. The average molecular weight is 382 g/mol. The molecule has 3 aliphatic rings. The second-order valence-corrected chi connectivity index (χ2v) is 8.07. The topological polar surface area (TPSA) is 67.4 Å². The molecule has 1 spiro atoms. The van der Waals surface area contributed by atoms with Crippen molar-refractivity contribution < 1.29 is 13.9 Å². The van der Waals surface area contributed by atoms with Gasteiger partial charge in [0.05, 0.1) is 24.7 Å². The van der Waals surface area contributed by atoms with Crippen LogP contribution in [0.25, 0.3) is 0 Å². The number of amides is 1. The van der Waals surface area contributed by atoms with Gasteiger partial charge in [-0.05, 0) is 36.6 Å². The van der Waals surface area contributed by atoms with Gasteiger partial charge in [0.1, 0.15) is 5.82 Å². The van der Waals surface area contributed by atoms with Crippen LogP contribution in [-0.4, -0.2) is 47.2 Å². The maximum atomic E-state index is 13.3. The summed E-state index contributed by atoms with van der Waals surface area (Å²) in [6.07, 6.45) is 6.01. The molecule has 3 fully saturated rings. The molecule has 1 N–H and O–H groups in total. The Kier molecular flexibility index (Phi) is 4.27. The highest BCUT2D eigenvalue weighted by atomic mass is 19.1. The number of carbonyl (C=O) groups is 1. The van der Waals surface area contributed by atoms with Crippen molar-refractivity contribution in [2.75, 3.05) is 24.5 Å². The molecule has 2 bridgehead atoms. The van der Waals surface area contributed by atoms with Crippen LogP contribution in [0.3, 0.4) is 0 Å². The minimum Gasteiger partial charge on any atom is -0.369 e. The summed E-state index contributed by atoms with van der Waals surface area (Å²) in [7, 11) is 0. The summed E-state index contributed by atoms with van der Waals surface area (Å²) in [5.74, 6) is 1.00. The number of ether oxygens (including phenoxy) is 1. The fourth-order valence-electron chi connectivity index (χ4n) is 5.20. The molecule has 146 valence electrons. The van der Waals surface area contributed by atoms with E-state index in [0.29, 0.717) is 23.9 Å². The van der Waals surface area contributed by atoms with Gasteiger partial charge in [0.2, 0.25) is 11.9 Å². The first-order valence-corrected chi connectivity index (χ1v) is 9.84. The average Bonchev–Trinajstić information content (AvgIpc) is 3.35. The molecule has 6 nitrogen and oxygen atoms in total. The number of hydrogen-bond acceptors (Lipinski definition) is 5. The number of nitrogens with one attached hydrogen (secondary N) is 1. The Balaban J connectivity index is 1.23. The normalized spacial score (nSPS) is 30.5. The van der Waals surface area contributed by atoms with Crippen molar-refractivity contribution >= 4 is 11.9 Å². The van der Waals surface area contributed by atoms with Crippen molar-refractivity contribution in [1.82, 2.24) is 15.3 Å². The van der Waals surface area contributed by atoms with Crippen LogP contribution in [0.2, 0.25) is 0 Å². The Morgan fingerprint density at radius 2 is 2.18 bits per heavy atom. The third-order valence-electron chi connectivity index (χ3n) is 6.41. The van der Waals surface area contributed by atoms with Crippen molar-refractivity contribution in [3.8, 4) is 0 Å². The van der Waals surface area contributed by atoms with Gasteiger partial charge in [-0.15, -0.1) is 0 Å². The van der Waals surface area contributed by atoms with Crippen LogP contribution in [0.4, 0.5) is 10.3 Å². The Morgan fingerprint density at radius 3 is 3.00 bits per heavy atom. The molecule has 0 aliphatic carbocycles. The highest BCUT2D eigenvalue weighted by Gasteiger charge is 2.63. The van der Waals surface area contributed by atoms with Crippen LogP contribution in [0.1, 0.15) is 18.4 Å². The van der Waals surface area contributed by atoms with Gasteiger partial charge in [-0.25, -0.2) is 14.4 Å². The minimum atomic E-state index is -0.317. The number of aromatic nitrogens is 2. The van der Waals surface area contributed by atoms with Crippen molar-refractivity contribution in [3.05, 3.63) is 54.1 Å². The molecule has 28 heavy (non-hydrogen) atoms. The number of fused-ring (bicyclic) bond motifs is 1. The predicted octanol–water partition coefficient (Wildman–Crippen LogP) is 1.96. The number of nitrogens with zero attached hydrogens (tertiary/aromatic N) is 3. The first-order chi connectivity index (χ1) is 13.6. The van der Waals surface area contributed by atoms with Gasteiger partial charge in [-0.1, -0.05) is 12.1 Å². The summed E-state index contributed by atoms with van der Waals surface area (Å²) in [6.45, 7) is 2.26. The maximum absolute atomic E-state index is 13.3. The van der Waals surface area contributed by atoms with Crippen LogP contribution in [0, 0.1) is 17.7 Å². The van der Waals surface area contributed by atoms with E-state index < -0.39 is 0 Å². The predicted molar refractivity (Wildman–Crippen MR) is 101 cm³/mol. The molecule has 1 aromatic heterocycles. The number of halogens is 1. The van der Waals surface area contributed by atoms with Crippen molar-refractivity contribution in [2.24, 2.45) is 11.8 Å². The number of anilines is 1. The van der Waals surface area contributed by atoms with E-state index in [4.69, 9.17) is 4.74 Å². The van der Waals surface area contributed by atoms with Crippen molar-refractivity contribution in [1.29, 1.82) is 0 Å². The third-order valence-corrected chi connectivity index (χ3v) is 6.41. The van der Waals surface area contributed by atoms with E-state index in [1.807, 2.05) is 6.07 Å². The summed E-state index contributed by atoms with van der Waals surface area (Å²) in [5.41, 5.74) is 0.549. The van der Waals surface area contributed by atoms with Crippen LogP contribution in [-0.2, 0) is 16.0 Å². The van der Waals surface area contributed by atoms with E-state index in [-0.39, 0.29) is 29.9 Å². The third kappa shape index (κ3) is 3.03. The highest BCUT2D eigenvalue weighted by Crippen LogP contribution is 2.54. The molecule has 1 amide bonds. The van der Waals surface area contributed by atoms with Crippen LogP contribution in [0.5, 0.6) is 0 Å². The van der Waals surface area contributed by atoms with Crippen LogP contribution < -0.4 is 10.2 Å². The first kappa shape index (κ1) is 17.6. The van der Waals surface area contributed by atoms with Gasteiger partial charge in [-0.3, -0.25) is 4.79 Å². The lowest BCUT2D eigenvalue weighted by Gasteiger charge is -2.29. The van der Waals surface area contributed by atoms with E-state index in [2.05, 4.69) is 20.2 Å². The summed E-state index contributed by atoms with van der Waals surface area (Å²) in [6, 6.07) is 8.01. The largest absolute Gasteiger partial charge is 0.369 e. The fourth-order valence-corrected chi connectivity index (χ4v) is 5.20. The molecule has 4 heterocycles. The molecule has 2 aromatic rings. The van der Waals surface area contributed by atoms with Gasteiger partial charge in [0.25, 0.3) is 0 Å². The molecule has 1 aromatic carbocycles. The summed E-state index contributed by atoms with van der Waals surface area (Å²) in [5, 5.41) is 3.05. The minimum absolute atomic E-state index is 0.0799. The van der Waals surface area contributed by atoms with Gasteiger partial charge in [0, 0.05) is 37.3 Å². The Morgan fingerprint density at radius 1 is 1.32 bits per heavy atom. The van der Waals surface area contributed by atoms with Crippen LogP contribution >= 0.6 is 0 Å². The molecule has 0 radical (unpaired) electrons. The monoisotopic (exact) mass is 382 g/mol. The quantitative estimate of drug-likeness (QED) is 0.856. The molecule has 4 atom stereocenters. The second-order valence-electron chi connectivity index (χ2n) is 8.07. The summed E-state index contributed by atoms with van der Waals surface area (Å²) < 4.78 is 19.7. The van der Waals surface area contributed by atoms with Crippen LogP contribution in [0.15, 0.2) is 42.7 Å². The number of hydrogen-bond donors (Lipinski definition) is 1. The lowest BCUT2D eigenvalue weighted by molar-refractivity contribution is -0.120. The van der Waals surface area contributed by atoms with Gasteiger partial charge < -0.3 is 15.0 Å². The smallest absolute Gasteiger partial charge is 0.225 e. The number of benzene rings is 1. The Hall–Kier alpha value is -2.54. The standard InChI is InChI=1S/C21H23FN4O2/c22-15-4-1-3-14(9-15)10-19(27)25-11-16-17-12-26(20-23-7-2-8-24-20)13-21(17)6-5-18(16)28-21/h1-4,7-9,16-18H,5-6,10-13H2,(H,25,27)/t16-,17+,18+,21+/m0/s1. The first-order valence-electron chi connectivity index (χ1n) is 9.84. The Bertz CT molecular complexity index is 880. The molecule has 5 rings (SSSR count). The van der Waals surface area contributed by atoms with E-state index in [1.165, 1.54) is 12.1 Å². The van der Waals surface area contributed by atoms with E-state index in [1.54, 1.807) is 24.5 Å². The molecule has 3 saturated heterocycles. The summed E-state index contributed by atoms with van der Waals surface area (Å²) >= 11 is 0. The molecule has 7 heteroatoms. The van der Waals surface area contributed by atoms with E-state index in [9.17, 15) is 9.18 Å². The van der Waals surface area contributed by atoms with Gasteiger partial charge in [0.15, 0.2) is 0 Å². The zero-order chi connectivity index (χ0) is 19.1. The highest BCUT2D eigenvalue weighted by molar-refractivity contribution is 5.78. The lowest BCUT2D eigenvalue weighted by atomic mass is 9.73. The van der Waals surface area contributed by atoms with E-state index >= 15 is 0 Å². The van der Waals surface area contributed by atoms with Crippen molar-refractivity contribution in [3.63, 3.8) is 0 Å². The lowest BCUT2D eigenvalue weighted by Crippen LogP contribution is -2.42. The SMILES string of the molecule is O=C(Cc1cccc(F)c1)NC[C@H]1[C@H]2CN(c3ncccn3)C[C@]23CC[C@H]1O3.